The van der Waals surface area contributed by atoms with E-state index in [0.29, 0.717) is 5.75 Å². The molecule has 0 N–H and O–H groups in total. The third-order valence-electron chi connectivity index (χ3n) is 1.99. The number of halogens is 2. The molecule has 0 amide bonds. The summed E-state index contributed by atoms with van der Waals surface area (Å²) in [4.78, 5) is 8.35. The molecule has 0 saturated carbocycles. The molecule has 0 aliphatic heterocycles. The minimum absolute atomic E-state index is 0.276. The number of nitrogens with zero attached hydrogens (tertiary/aromatic N) is 3. The Balaban J connectivity index is 1.84. The lowest BCUT2D eigenvalue weighted by Crippen LogP contribution is -2.06. The minimum atomic E-state index is -2.41. The molecular formula is C10H11F2N3OS. The third-order valence-corrected chi connectivity index (χ3v) is 2.92. The van der Waals surface area contributed by atoms with Gasteiger partial charge < -0.3 is 9.14 Å². The van der Waals surface area contributed by atoms with Crippen LogP contribution in [0.1, 0.15) is 0 Å². The molecule has 0 fully saturated rings. The predicted molar refractivity (Wildman–Crippen MR) is 60.5 cm³/mol. The SMILES string of the molecule is FC(F)COCCSc1nccn2ccnc12. The standard InChI is InChI=1S/C10H11F2N3OS/c11-8(12)7-16-5-6-17-10-9-13-1-3-15(9)4-2-14-10/h1-4,8H,5-7H2. The van der Waals surface area contributed by atoms with Crippen LogP contribution in [0.5, 0.6) is 0 Å². The second-order valence-electron chi connectivity index (χ2n) is 3.20. The maximum atomic E-state index is 11.8. The molecule has 2 aromatic rings. The van der Waals surface area contributed by atoms with Crippen molar-refractivity contribution in [2.24, 2.45) is 0 Å². The average Bonchev–Trinajstić information content (AvgIpc) is 2.77. The molecule has 7 heteroatoms. The highest BCUT2D eigenvalue weighted by Gasteiger charge is 2.05. The van der Waals surface area contributed by atoms with Crippen molar-refractivity contribution in [3.63, 3.8) is 0 Å². The molecule has 4 nitrogen and oxygen atoms in total. The second kappa shape index (κ2) is 5.92. The molecule has 0 aliphatic carbocycles. The number of imidazole rings is 1. The van der Waals surface area contributed by atoms with Crippen LogP contribution in [0.4, 0.5) is 8.78 Å². The molecule has 0 aliphatic rings. The van der Waals surface area contributed by atoms with Gasteiger partial charge in [-0.1, -0.05) is 0 Å². The van der Waals surface area contributed by atoms with Gasteiger partial charge in [0.1, 0.15) is 11.6 Å². The number of thioether (sulfide) groups is 1. The molecule has 0 spiro atoms. The Morgan fingerprint density at radius 3 is 2.82 bits per heavy atom. The zero-order valence-electron chi connectivity index (χ0n) is 8.92. The summed E-state index contributed by atoms with van der Waals surface area (Å²) < 4.78 is 30.2. The maximum absolute atomic E-state index is 11.8. The van der Waals surface area contributed by atoms with Gasteiger partial charge in [0, 0.05) is 30.5 Å². The fourth-order valence-corrected chi connectivity index (χ4v) is 2.12. The van der Waals surface area contributed by atoms with Crippen molar-refractivity contribution in [1.29, 1.82) is 0 Å². The molecule has 0 atom stereocenters. The van der Waals surface area contributed by atoms with Crippen LogP contribution in [-0.4, -0.2) is 39.8 Å². The quantitative estimate of drug-likeness (QED) is 0.588. The third kappa shape index (κ3) is 3.37. The van der Waals surface area contributed by atoms with E-state index in [-0.39, 0.29) is 6.61 Å². The van der Waals surface area contributed by atoms with E-state index in [1.165, 1.54) is 11.8 Å². The first-order valence-electron chi connectivity index (χ1n) is 5.04. The van der Waals surface area contributed by atoms with E-state index in [4.69, 9.17) is 4.74 Å². The molecule has 0 saturated heterocycles. The zero-order valence-corrected chi connectivity index (χ0v) is 9.74. The van der Waals surface area contributed by atoms with E-state index in [0.717, 1.165) is 10.7 Å². The highest BCUT2D eigenvalue weighted by molar-refractivity contribution is 7.99. The van der Waals surface area contributed by atoms with Gasteiger partial charge in [-0.15, -0.1) is 11.8 Å². The van der Waals surface area contributed by atoms with Crippen LogP contribution in [0.25, 0.3) is 5.65 Å². The fraction of sp³-hybridized carbons (Fsp3) is 0.400. The van der Waals surface area contributed by atoms with Gasteiger partial charge in [0.15, 0.2) is 5.65 Å². The Morgan fingerprint density at radius 2 is 2.06 bits per heavy atom. The summed E-state index contributed by atoms with van der Waals surface area (Å²) in [5, 5.41) is 0.776. The summed E-state index contributed by atoms with van der Waals surface area (Å²) in [6.07, 6.45) is 4.59. The summed E-state index contributed by atoms with van der Waals surface area (Å²) in [5.41, 5.74) is 0.770. The van der Waals surface area contributed by atoms with Crippen molar-refractivity contribution in [2.45, 2.75) is 11.5 Å². The van der Waals surface area contributed by atoms with Crippen LogP contribution in [0.2, 0.25) is 0 Å². The number of alkyl halides is 2. The predicted octanol–water partition coefficient (Wildman–Crippen LogP) is 2.10. The molecule has 2 aromatic heterocycles. The molecule has 17 heavy (non-hydrogen) atoms. The number of fused-ring (bicyclic) bond motifs is 1. The largest absolute Gasteiger partial charge is 0.375 e. The van der Waals surface area contributed by atoms with E-state index in [9.17, 15) is 8.78 Å². The molecule has 0 radical (unpaired) electrons. The van der Waals surface area contributed by atoms with E-state index < -0.39 is 13.0 Å². The van der Waals surface area contributed by atoms with Crippen LogP contribution in [-0.2, 0) is 4.74 Å². The average molecular weight is 259 g/mol. The van der Waals surface area contributed by atoms with Crippen molar-refractivity contribution in [1.82, 2.24) is 14.4 Å². The fourth-order valence-electron chi connectivity index (χ4n) is 1.30. The van der Waals surface area contributed by atoms with Gasteiger partial charge in [0.2, 0.25) is 0 Å². The van der Waals surface area contributed by atoms with Gasteiger partial charge in [-0.25, -0.2) is 18.7 Å². The van der Waals surface area contributed by atoms with Crippen LogP contribution in [0.3, 0.4) is 0 Å². The van der Waals surface area contributed by atoms with E-state index >= 15 is 0 Å². The Hall–Kier alpha value is -1.21. The number of hydrogen-bond donors (Lipinski definition) is 0. The number of ether oxygens (including phenoxy) is 1. The summed E-state index contributed by atoms with van der Waals surface area (Å²) in [5.74, 6) is 0.576. The summed E-state index contributed by atoms with van der Waals surface area (Å²) in [7, 11) is 0. The first-order valence-corrected chi connectivity index (χ1v) is 6.02. The number of aromatic nitrogens is 3. The van der Waals surface area contributed by atoms with E-state index in [2.05, 4.69) is 9.97 Å². The lowest BCUT2D eigenvalue weighted by molar-refractivity contribution is 0.0237. The minimum Gasteiger partial charge on any atom is -0.375 e. The van der Waals surface area contributed by atoms with Crippen molar-refractivity contribution in [2.75, 3.05) is 19.0 Å². The van der Waals surface area contributed by atoms with Crippen LogP contribution in [0, 0.1) is 0 Å². The Kier molecular flexibility index (Phi) is 4.27. The summed E-state index contributed by atoms with van der Waals surface area (Å²) in [6.45, 7) is -0.236. The highest BCUT2D eigenvalue weighted by atomic mass is 32.2. The second-order valence-corrected chi connectivity index (χ2v) is 4.29. The first-order chi connectivity index (χ1) is 8.27. The van der Waals surface area contributed by atoms with Gasteiger partial charge in [0.25, 0.3) is 6.43 Å². The lowest BCUT2D eigenvalue weighted by Gasteiger charge is -2.04. The zero-order chi connectivity index (χ0) is 12.1. The Morgan fingerprint density at radius 1 is 1.29 bits per heavy atom. The molecule has 0 unspecified atom stereocenters. The molecule has 2 heterocycles. The molecule has 92 valence electrons. The van der Waals surface area contributed by atoms with Gasteiger partial charge in [-0.05, 0) is 0 Å². The number of rotatable bonds is 6. The summed E-state index contributed by atoms with van der Waals surface area (Å²) >= 11 is 1.44. The van der Waals surface area contributed by atoms with E-state index in [1.807, 2.05) is 10.6 Å². The van der Waals surface area contributed by atoms with Crippen molar-refractivity contribution in [3.8, 4) is 0 Å². The summed E-state index contributed by atoms with van der Waals surface area (Å²) in [6, 6.07) is 0. The first kappa shape index (κ1) is 12.3. The normalized spacial score (nSPS) is 11.5. The van der Waals surface area contributed by atoms with Crippen molar-refractivity contribution < 1.29 is 13.5 Å². The van der Waals surface area contributed by atoms with Crippen LogP contribution in [0.15, 0.2) is 29.8 Å². The van der Waals surface area contributed by atoms with Crippen LogP contribution < -0.4 is 0 Å². The Labute approximate surface area is 101 Å². The van der Waals surface area contributed by atoms with Crippen molar-refractivity contribution >= 4 is 17.4 Å². The van der Waals surface area contributed by atoms with Gasteiger partial charge >= 0.3 is 0 Å². The Bertz CT molecular complexity index is 477. The molecule has 0 aromatic carbocycles. The maximum Gasteiger partial charge on any atom is 0.261 e. The van der Waals surface area contributed by atoms with E-state index in [1.54, 1.807) is 18.6 Å². The van der Waals surface area contributed by atoms with Crippen molar-refractivity contribution in [3.05, 3.63) is 24.8 Å². The van der Waals surface area contributed by atoms with Crippen LogP contribution >= 0.6 is 11.8 Å². The lowest BCUT2D eigenvalue weighted by atomic mass is 10.7. The topological polar surface area (TPSA) is 39.4 Å². The van der Waals surface area contributed by atoms with Gasteiger partial charge in [-0.2, -0.15) is 0 Å². The smallest absolute Gasteiger partial charge is 0.261 e. The molecular weight excluding hydrogens is 248 g/mol. The monoisotopic (exact) mass is 259 g/mol. The molecule has 2 rings (SSSR count). The van der Waals surface area contributed by atoms with Gasteiger partial charge in [0.05, 0.1) is 6.61 Å². The highest BCUT2D eigenvalue weighted by Crippen LogP contribution is 2.19. The van der Waals surface area contributed by atoms with Gasteiger partial charge in [-0.3, -0.25) is 0 Å². The number of hydrogen-bond acceptors (Lipinski definition) is 4. The molecule has 0 bridgehead atoms.